The van der Waals surface area contributed by atoms with Crippen LogP contribution in [0.5, 0.6) is 0 Å². The van der Waals surface area contributed by atoms with Gasteiger partial charge in [0.15, 0.2) is 0 Å². The molecule has 0 saturated carbocycles. The van der Waals surface area contributed by atoms with Gasteiger partial charge in [0.05, 0.1) is 0 Å². The lowest BCUT2D eigenvalue weighted by Gasteiger charge is -2.27. The van der Waals surface area contributed by atoms with Gasteiger partial charge < -0.3 is 9.32 Å². The molecule has 0 aliphatic carbocycles. The van der Waals surface area contributed by atoms with Crippen LogP contribution in [0.3, 0.4) is 0 Å². The van der Waals surface area contributed by atoms with Gasteiger partial charge in [-0.3, -0.25) is 0 Å². The van der Waals surface area contributed by atoms with Gasteiger partial charge in [0.2, 0.25) is 0 Å². The summed E-state index contributed by atoms with van der Waals surface area (Å²) in [6.45, 7) is 0. The number of furan rings is 1. The molecule has 0 aliphatic heterocycles. The van der Waals surface area contributed by atoms with Crippen molar-refractivity contribution in [1.82, 2.24) is 0 Å². The minimum absolute atomic E-state index is 0.904. The Bertz CT molecular complexity index is 2860. The second-order valence-corrected chi connectivity index (χ2v) is 13.7. The number of anilines is 3. The van der Waals surface area contributed by atoms with Crippen LogP contribution in [-0.2, 0) is 0 Å². The first-order valence-corrected chi connectivity index (χ1v) is 18.4. The Morgan fingerprint density at radius 1 is 0.296 bits per heavy atom. The minimum Gasteiger partial charge on any atom is -0.455 e. The molecule has 0 radical (unpaired) electrons. The lowest BCUT2D eigenvalue weighted by Crippen LogP contribution is -2.10. The van der Waals surface area contributed by atoms with Crippen molar-refractivity contribution in [1.29, 1.82) is 0 Å². The van der Waals surface area contributed by atoms with Crippen LogP contribution in [-0.4, -0.2) is 0 Å². The normalized spacial score (nSPS) is 11.3. The fourth-order valence-corrected chi connectivity index (χ4v) is 7.84. The standard InChI is InChI=1S/C52H35NO/c1-3-14-36(15-4-1)41-32-42(37-16-5-2-6-17-37)35-45(34-41)53(44-21-11-20-40(33-44)47-24-12-19-38-18-7-8-22-46(38)47)43-30-28-39(29-31-43)48-25-13-26-50-49-23-9-10-27-51(49)54-52(48)50/h1-35H. The fraction of sp³-hybridized carbons (Fsp3) is 0. The lowest BCUT2D eigenvalue weighted by molar-refractivity contribution is 0.670. The molecule has 1 aromatic heterocycles. The van der Waals surface area contributed by atoms with Crippen molar-refractivity contribution in [3.63, 3.8) is 0 Å². The maximum Gasteiger partial charge on any atom is 0.143 e. The van der Waals surface area contributed by atoms with Crippen LogP contribution in [0.25, 0.3) is 77.2 Å². The highest BCUT2D eigenvalue weighted by Crippen LogP contribution is 2.43. The Morgan fingerprint density at radius 2 is 0.852 bits per heavy atom. The first kappa shape index (κ1) is 31.6. The second kappa shape index (κ2) is 13.4. The summed E-state index contributed by atoms with van der Waals surface area (Å²) in [5.74, 6) is 0. The number of nitrogens with zero attached hydrogens (tertiary/aromatic N) is 1. The van der Waals surface area contributed by atoms with E-state index in [1.54, 1.807) is 0 Å². The Balaban J connectivity index is 1.16. The van der Waals surface area contributed by atoms with Crippen LogP contribution in [0.15, 0.2) is 217 Å². The molecule has 0 N–H and O–H groups in total. The van der Waals surface area contributed by atoms with Gasteiger partial charge in [-0.05, 0) is 98.2 Å². The molecule has 0 amide bonds. The van der Waals surface area contributed by atoms with E-state index in [1.165, 1.54) is 33.0 Å². The summed E-state index contributed by atoms with van der Waals surface area (Å²) in [7, 11) is 0. The highest BCUT2D eigenvalue weighted by Gasteiger charge is 2.18. The van der Waals surface area contributed by atoms with Gasteiger partial charge in [0, 0.05) is 33.4 Å². The molecule has 0 atom stereocenters. The smallest absolute Gasteiger partial charge is 0.143 e. The Morgan fingerprint density at radius 3 is 1.61 bits per heavy atom. The van der Waals surface area contributed by atoms with E-state index in [0.29, 0.717) is 0 Å². The van der Waals surface area contributed by atoms with Gasteiger partial charge in [-0.15, -0.1) is 0 Å². The van der Waals surface area contributed by atoms with Crippen LogP contribution in [0.4, 0.5) is 17.1 Å². The third-order valence-corrected chi connectivity index (χ3v) is 10.4. The molecular weight excluding hydrogens is 655 g/mol. The molecule has 0 unspecified atom stereocenters. The van der Waals surface area contributed by atoms with Crippen molar-refractivity contribution in [3.8, 4) is 44.5 Å². The lowest BCUT2D eigenvalue weighted by atomic mass is 9.96. The van der Waals surface area contributed by atoms with Crippen LogP contribution < -0.4 is 4.90 Å². The van der Waals surface area contributed by atoms with E-state index in [2.05, 4.69) is 205 Å². The number of hydrogen-bond acceptors (Lipinski definition) is 2. The van der Waals surface area contributed by atoms with Crippen molar-refractivity contribution in [2.45, 2.75) is 0 Å². The number of benzene rings is 9. The van der Waals surface area contributed by atoms with E-state index in [9.17, 15) is 0 Å². The van der Waals surface area contributed by atoms with Crippen molar-refractivity contribution >= 4 is 49.8 Å². The summed E-state index contributed by atoms with van der Waals surface area (Å²) in [5, 5.41) is 4.74. The third-order valence-electron chi connectivity index (χ3n) is 10.4. The van der Waals surface area contributed by atoms with Gasteiger partial charge in [-0.2, -0.15) is 0 Å². The average molecular weight is 690 g/mol. The predicted octanol–water partition coefficient (Wildman–Crippen LogP) is 14.9. The summed E-state index contributed by atoms with van der Waals surface area (Å²) in [4.78, 5) is 2.39. The molecule has 9 aromatic carbocycles. The second-order valence-electron chi connectivity index (χ2n) is 13.7. The summed E-state index contributed by atoms with van der Waals surface area (Å²) >= 11 is 0. The van der Waals surface area contributed by atoms with E-state index >= 15 is 0 Å². The monoisotopic (exact) mass is 689 g/mol. The molecule has 10 rings (SSSR count). The van der Waals surface area contributed by atoms with Gasteiger partial charge in [-0.25, -0.2) is 0 Å². The molecular formula is C52H35NO. The van der Waals surface area contributed by atoms with Crippen LogP contribution >= 0.6 is 0 Å². The van der Waals surface area contributed by atoms with E-state index < -0.39 is 0 Å². The van der Waals surface area contributed by atoms with Gasteiger partial charge in [0.25, 0.3) is 0 Å². The van der Waals surface area contributed by atoms with Crippen molar-refractivity contribution in [2.75, 3.05) is 4.90 Å². The van der Waals surface area contributed by atoms with Crippen molar-refractivity contribution in [2.24, 2.45) is 0 Å². The van der Waals surface area contributed by atoms with E-state index in [1.807, 2.05) is 12.1 Å². The quantitative estimate of drug-likeness (QED) is 0.166. The fourth-order valence-electron chi connectivity index (χ4n) is 7.84. The summed E-state index contributed by atoms with van der Waals surface area (Å²) in [6.07, 6.45) is 0. The molecule has 0 spiro atoms. The highest BCUT2D eigenvalue weighted by molar-refractivity contribution is 6.09. The van der Waals surface area contributed by atoms with Gasteiger partial charge in [-0.1, -0.05) is 164 Å². The molecule has 54 heavy (non-hydrogen) atoms. The summed E-state index contributed by atoms with van der Waals surface area (Å²) < 4.78 is 6.44. The summed E-state index contributed by atoms with van der Waals surface area (Å²) in [6, 6.07) is 76.0. The topological polar surface area (TPSA) is 16.4 Å². The Labute approximate surface area is 314 Å². The molecule has 0 bridgehead atoms. The predicted molar refractivity (Wildman–Crippen MR) is 228 cm³/mol. The van der Waals surface area contributed by atoms with E-state index in [-0.39, 0.29) is 0 Å². The third kappa shape index (κ3) is 5.71. The average Bonchev–Trinajstić information content (AvgIpc) is 3.64. The van der Waals surface area contributed by atoms with Crippen molar-refractivity contribution < 1.29 is 4.42 Å². The first-order valence-electron chi connectivity index (χ1n) is 18.4. The Kier molecular flexibility index (Phi) is 7.85. The van der Waals surface area contributed by atoms with Crippen LogP contribution in [0, 0.1) is 0 Å². The molecule has 0 fully saturated rings. The molecule has 1 heterocycles. The zero-order valence-corrected chi connectivity index (χ0v) is 29.6. The maximum atomic E-state index is 6.44. The van der Waals surface area contributed by atoms with Crippen LogP contribution in [0.1, 0.15) is 0 Å². The zero-order chi connectivity index (χ0) is 35.8. The number of hydrogen-bond donors (Lipinski definition) is 0. The Hall–Kier alpha value is -7.16. The SMILES string of the molecule is c1ccc(-c2cc(-c3ccccc3)cc(N(c3ccc(-c4cccc5c4oc4ccccc45)cc3)c3cccc(-c4cccc5ccccc45)c3)c2)cc1. The van der Waals surface area contributed by atoms with E-state index in [0.717, 1.165) is 61.3 Å². The molecule has 0 aliphatic rings. The van der Waals surface area contributed by atoms with Crippen LogP contribution in [0.2, 0.25) is 0 Å². The largest absolute Gasteiger partial charge is 0.455 e. The molecule has 10 aromatic rings. The first-order chi connectivity index (χ1) is 26.8. The maximum absolute atomic E-state index is 6.44. The number of para-hydroxylation sites is 2. The van der Waals surface area contributed by atoms with Gasteiger partial charge in [0.1, 0.15) is 11.2 Å². The van der Waals surface area contributed by atoms with Crippen molar-refractivity contribution in [3.05, 3.63) is 212 Å². The molecule has 2 nitrogen and oxygen atoms in total. The molecule has 2 heteroatoms. The number of rotatable bonds is 7. The van der Waals surface area contributed by atoms with E-state index in [4.69, 9.17) is 4.42 Å². The zero-order valence-electron chi connectivity index (χ0n) is 29.6. The highest BCUT2D eigenvalue weighted by atomic mass is 16.3. The number of fused-ring (bicyclic) bond motifs is 4. The van der Waals surface area contributed by atoms with Gasteiger partial charge >= 0.3 is 0 Å². The molecule has 0 saturated heterocycles. The minimum atomic E-state index is 0.904. The summed E-state index contributed by atoms with van der Waals surface area (Å²) in [5.41, 5.74) is 14.3. The molecule has 254 valence electrons.